The fraction of sp³-hybridized carbons (Fsp3) is 0.523. The molecule has 1 heterocycles. The molecule has 12 atom stereocenters. The first kappa shape index (κ1) is 63.4. The normalized spacial score (nSPS) is 28.9. The molecule has 6 rings (SSSR count). The quantitative estimate of drug-likeness (QED) is 0.0407. The highest BCUT2D eigenvalue weighted by atomic mass is 16.6. The van der Waals surface area contributed by atoms with Crippen molar-refractivity contribution in [3.63, 3.8) is 0 Å². The minimum atomic E-state index is -2.43. The average Bonchev–Trinajstić information content (AvgIpc) is 1.14. The van der Waals surface area contributed by atoms with E-state index in [1.807, 2.05) is 24.3 Å². The van der Waals surface area contributed by atoms with Gasteiger partial charge in [-0.05, 0) is 90.3 Å². The van der Waals surface area contributed by atoms with E-state index in [4.69, 9.17) is 28.4 Å². The van der Waals surface area contributed by atoms with E-state index in [0.717, 1.165) is 39.0 Å². The van der Waals surface area contributed by atoms with E-state index in [1.165, 1.54) is 19.1 Å². The molecule has 4 fully saturated rings. The Labute approximate surface area is 477 Å². The number of ether oxygens (including phenoxy) is 6. The zero-order valence-corrected chi connectivity index (χ0v) is 48.4. The van der Waals surface area contributed by atoms with E-state index in [1.54, 1.807) is 90.1 Å². The molecular weight excluding hydrogens is 1030 g/mol. The van der Waals surface area contributed by atoms with Gasteiger partial charge < -0.3 is 44.0 Å². The third-order valence-electron chi connectivity index (χ3n) is 16.2. The smallest absolute Gasteiger partial charge is 0.408 e. The van der Waals surface area contributed by atoms with Gasteiger partial charge in [-0.1, -0.05) is 149 Å². The molecule has 2 aromatic rings. The maximum absolute atomic E-state index is 15.2. The molecule has 3 aliphatic carbocycles. The Morgan fingerprint density at radius 3 is 1.85 bits per heavy atom. The number of aliphatic hydroxyl groups is 2. The highest BCUT2D eigenvalue weighted by Crippen LogP contribution is 2.64. The molecule has 16 heteroatoms. The van der Waals surface area contributed by atoms with Crippen molar-refractivity contribution in [1.82, 2.24) is 5.32 Å². The summed E-state index contributed by atoms with van der Waals surface area (Å²) in [6, 6.07) is 14.7. The fourth-order valence-electron chi connectivity index (χ4n) is 12.0. The molecule has 3 N–H and O–H groups in total. The number of alkyl carbamates (subject to hydrolysis) is 1. The Bertz CT molecular complexity index is 2720. The van der Waals surface area contributed by atoms with Crippen molar-refractivity contribution in [2.24, 2.45) is 28.6 Å². The molecule has 4 aliphatic rings. The molecule has 12 unspecified atom stereocenters. The molecule has 438 valence electrons. The molecular formula is C65H83NO15. The van der Waals surface area contributed by atoms with Crippen LogP contribution in [0.15, 0.2) is 134 Å². The lowest BCUT2D eigenvalue weighted by Crippen LogP contribution is -2.82. The molecule has 16 nitrogen and oxygen atoms in total. The summed E-state index contributed by atoms with van der Waals surface area (Å²) in [6.45, 7) is 13.9. The zero-order valence-electron chi connectivity index (χ0n) is 48.4. The number of rotatable bonds is 23. The number of benzene rings is 2. The SMILES string of the molecule is CCC=CCC=CCC=CCC=CCC=CCC=CCCC(=O)OC(C(=O)OC1CC2(O)C(OC(=O)c3ccccc3)C3C4(OC(C)=O)COC4CC(O)C3(C)C(=O)C(=O)C(C1C)C2(C)C)C(NC(=O)OC(C)(C)C)c1ccccc1. The zero-order chi connectivity index (χ0) is 59.2. The number of aliphatic hydroxyl groups excluding tert-OH is 1. The second-order valence-corrected chi connectivity index (χ2v) is 23.3. The van der Waals surface area contributed by atoms with Crippen molar-refractivity contribution in [1.29, 1.82) is 0 Å². The summed E-state index contributed by atoms with van der Waals surface area (Å²) in [6.07, 6.45) is 20.5. The van der Waals surface area contributed by atoms with Crippen molar-refractivity contribution in [3.8, 4) is 0 Å². The lowest BCUT2D eigenvalue weighted by atomic mass is 9.42. The number of Topliss-reactive ketones (excluding diaryl/α,β-unsaturated/α-hetero) is 2. The second-order valence-electron chi connectivity index (χ2n) is 23.3. The molecule has 1 aliphatic heterocycles. The van der Waals surface area contributed by atoms with Crippen LogP contribution in [0.25, 0.3) is 0 Å². The molecule has 81 heavy (non-hydrogen) atoms. The van der Waals surface area contributed by atoms with Crippen molar-refractivity contribution >= 4 is 41.5 Å². The van der Waals surface area contributed by atoms with Crippen LogP contribution in [0.5, 0.6) is 0 Å². The van der Waals surface area contributed by atoms with Crippen molar-refractivity contribution in [3.05, 3.63) is 145 Å². The Hall–Kier alpha value is -6.75. The molecule has 0 aromatic heterocycles. The first-order valence-electron chi connectivity index (χ1n) is 28.3. The minimum absolute atomic E-state index is 0.0583. The first-order chi connectivity index (χ1) is 38.4. The van der Waals surface area contributed by atoms with Crippen LogP contribution >= 0.6 is 0 Å². The Balaban J connectivity index is 1.28. The third kappa shape index (κ3) is 14.8. The highest BCUT2D eigenvalue weighted by Gasteiger charge is 2.79. The lowest BCUT2D eigenvalue weighted by molar-refractivity contribution is -0.350. The molecule has 0 spiro atoms. The van der Waals surface area contributed by atoms with Crippen molar-refractivity contribution in [2.45, 2.75) is 180 Å². The molecule has 1 saturated heterocycles. The van der Waals surface area contributed by atoms with Crippen LogP contribution in [0.4, 0.5) is 4.79 Å². The standard InChI is InChI=1S/C65H83NO15/c1-10-11-12-13-14-15-16-17-18-19-20-21-22-23-24-25-26-27-34-39-50(69)78-54(52(45-35-30-28-31-36-45)66-60(74)81-61(4,5)6)59(73)77-47-41-65(75)57(79-58(72)46-37-32-29-33-38-46)55-63(9,56(71)53(70)51(43(47)2)62(65,7)8)48(68)40-49-64(55,42-76-49)80-44(3)67/h11-12,14-15,17-18,20-21,23-24,26-33,35-38,43,47-49,51-52,54-55,57,68,75H,10,13,16,19,22,25,34,39-42H2,1-9H3,(H,66,74). The van der Waals surface area contributed by atoms with Gasteiger partial charge in [0.15, 0.2) is 5.60 Å². The van der Waals surface area contributed by atoms with Gasteiger partial charge in [-0.15, -0.1) is 0 Å². The average molecular weight is 1120 g/mol. The van der Waals surface area contributed by atoms with Crippen LogP contribution in [0, 0.1) is 28.6 Å². The third-order valence-corrected chi connectivity index (χ3v) is 16.2. The van der Waals surface area contributed by atoms with Gasteiger partial charge in [-0.3, -0.25) is 19.2 Å². The Morgan fingerprint density at radius 1 is 0.790 bits per heavy atom. The maximum Gasteiger partial charge on any atom is 0.408 e. The first-order valence-corrected chi connectivity index (χ1v) is 28.3. The molecule has 2 bridgehead atoms. The number of carbonyl (C=O) groups is 7. The number of fused-ring (bicyclic) bond motifs is 5. The van der Waals surface area contributed by atoms with Gasteiger partial charge in [-0.2, -0.15) is 0 Å². The molecule has 2 aromatic carbocycles. The number of amides is 1. The number of carbonyl (C=O) groups excluding carboxylic acids is 7. The Kier molecular flexibility index (Phi) is 21.8. The minimum Gasteiger partial charge on any atom is -0.459 e. The van der Waals surface area contributed by atoms with Gasteiger partial charge in [0, 0.05) is 43.4 Å². The fourth-order valence-corrected chi connectivity index (χ4v) is 12.0. The summed E-state index contributed by atoms with van der Waals surface area (Å²) in [5.74, 6) is -9.95. The number of allylic oxidation sites excluding steroid dienone is 12. The van der Waals surface area contributed by atoms with E-state index in [0.29, 0.717) is 12.0 Å². The van der Waals surface area contributed by atoms with Crippen LogP contribution in [0.3, 0.4) is 0 Å². The van der Waals surface area contributed by atoms with Crippen LogP contribution in [-0.2, 0) is 52.4 Å². The molecule has 3 saturated carbocycles. The highest BCUT2D eigenvalue weighted by molar-refractivity contribution is 6.40. The van der Waals surface area contributed by atoms with Gasteiger partial charge >= 0.3 is 30.0 Å². The lowest BCUT2D eigenvalue weighted by Gasteiger charge is -2.67. The summed E-state index contributed by atoms with van der Waals surface area (Å²) >= 11 is 0. The predicted octanol–water partition coefficient (Wildman–Crippen LogP) is 10.4. The van der Waals surface area contributed by atoms with E-state index in [9.17, 15) is 29.4 Å². The van der Waals surface area contributed by atoms with E-state index in [-0.39, 0.29) is 31.4 Å². The topological polar surface area (TPSA) is 227 Å². The molecule has 1 amide bonds. The summed E-state index contributed by atoms with van der Waals surface area (Å²) in [4.78, 5) is 101. The number of ketones is 2. The van der Waals surface area contributed by atoms with Gasteiger partial charge in [0.2, 0.25) is 17.7 Å². The number of nitrogens with one attached hydrogen (secondary N) is 1. The van der Waals surface area contributed by atoms with Crippen molar-refractivity contribution in [2.75, 3.05) is 6.61 Å². The van der Waals surface area contributed by atoms with Crippen LogP contribution in [-0.4, -0.2) is 106 Å². The van der Waals surface area contributed by atoms with Crippen LogP contribution < -0.4 is 5.32 Å². The summed E-state index contributed by atoms with van der Waals surface area (Å²) in [7, 11) is 0. The van der Waals surface area contributed by atoms with Gasteiger partial charge in [0.1, 0.15) is 35.6 Å². The number of hydrogen-bond donors (Lipinski definition) is 3. The maximum atomic E-state index is 15.2. The van der Waals surface area contributed by atoms with Gasteiger partial charge in [0.25, 0.3) is 0 Å². The van der Waals surface area contributed by atoms with E-state index in [2.05, 4.69) is 60.8 Å². The van der Waals surface area contributed by atoms with E-state index >= 15 is 14.4 Å². The number of esters is 4. The Morgan fingerprint density at radius 2 is 1.33 bits per heavy atom. The summed E-state index contributed by atoms with van der Waals surface area (Å²) in [5, 5.41) is 28.6. The van der Waals surface area contributed by atoms with Crippen molar-refractivity contribution < 1.29 is 72.2 Å². The summed E-state index contributed by atoms with van der Waals surface area (Å²) < 4.78 is 36.4. The number of hydrogen-bond acceptors (Lipinski definition) is 15. The second kappa shape index (κ2) is 27.8. The predicted molar refractivity (Wildman–Crippen MR) is 304 cm³/mol. The summed E-state index contributed by atoms with van der Waals surface area (Å²) in [5.41, 5.74) is -8.63. The monoisotopic (exact) mass is 1120 g/mol. The molecule has 0 radical (unpaired) electrons. The largest absolute Gasteiger partial charge is 0.459 e. The van der Waals surface area contributed by atoms with Crippen LogP contribution in [0.1, 0.15) is 148 Å². The van der Waals surface area contributed by atoms with Crippen LogP contribution in [0.2, 0.25) is 0 Å². The van der Waals surface area contributed by atoms with Gasteiger partial charge in [0.05, 0.1) is 29.6 Å². The van der Waals surface area contributed by atoms with Gasteiger partial charge in [-0.25, -0.2) is 14.4 Å². The van der Waals surface area contributed by atoms with E-state index < -0.39 is 130 Å².